The lowest BCUT2D eigenvalue weighted by molar-refractivity contribution is 0.153. The first-order valence-corrected chi connectivity index (χ1v) is 6.09. The minimum Gasteiger partial charge on any atom is -0.395 e. The molecule has 1 saturated heterocycles. The first kappa shape index (κ1) is 13.0. The van der Waals surface area contributed by atoms with Gasteiger partial charge in [0.25, 0.3) is 0 Å². The van der Waals surface area contributed by atoms with Gasteiger partial charge >= 0.3 is 0 Å². The summed E-state index contributed by atoms with van der Waals surface area (Å²) in [6.07, 6.45) is 2.03. The number of halogens is 1. The number of nitrogens with zero attached hydrogens (tertiary/aromatic N) is 1. The van der Waals surface area contributed by atoms with Gasteiger partial charge in [0, 0.05) is 18.2 Å². The SMILES string of the molecule is N=C(N)c1cc(F)cc(CN2CCCC2CO)c1. The fraction of sp³-hybridized carbons (Fsp3) is 0.462. The van der Waals surface area contributed by atoms with Crippen LogP contribution in [0, 0.1) is 11.2 Å². The van der Waals surface area contributed by atoms with Gasteiger partial charge in [-0.05, 0) is 43.1 Å². The van der Waals surface area contributed by atoms with E-state index in [0.29, 0.717) is 12.1 Å². The van der Waals surface area contributed by atoms with E-state index in [1.165, 1.54) is 12.1 Å². The fourth-order valence-electron chi connectivity index (χ4n) is 2.44. The molecule has 1 aliphatic rings. The fourth-order valence-corrected chi connectivity index (χ4v) is 2.44. The summed E-state index contributed by atoms with van der Waals surface area (Å²) >= 11 is 0. The van der Waals surface area contributed by atoms with Gasteiger partial charge in [-0.15, -0.1) is 0 Å². The molecule has 0 aromatic heterocycles. The van der Waals surface area contributed by atoms with Crippen molar-refractivity contribution in [2.45, 2.75) is 25.4 Å². The summed E-state index contributed by atoms with van der Waals surface area (Å²) in [5.74, 6) is -0.506. The molecule has 1 heterocycles. The second kappa shape index (κ2) is 5.46. The van der Waals surface area contributed by atoms with Gasteiger partial charge in [0.2, 0.25) is 0 Å². The van der Waals surface area contributed by atoms with Crippen LogP contribution in [0.5, 0.6) is 0 Å². The highest BCUT2D eigenvalue weighted by Gasteiger charge is 2.23. The van der Waals surface area contributed by atoms with Crippen LogP contribution in [0.15, 0.2) is 18.2 Å². The molecule has 0 radical (unpaired) electrons. The second-order valence-corrected chi connectivity index (χ2v) is 4.71. The van der Waals surface area contributed by atoms with Gasteiger partial charge in [0.15, 0.2) is 0 Å². The van der Waals surface area contributed by atoms with E-state index in [2.05, 4.69) is 4.90 Å². The van der Waals surface area contributed by atoms with Crippen LogP contribution in [0.2, 0.25) is 0 Å². The highest BCUT2D eigenvalue weighted by molar-refractivity contribution is 5.95. The molecule has 0 amide bonds. The summed E-state index contributed by atoms with van der Waals surface area (Å²) in [6, 6.07) is 4.62. The average Bonchev–Trinajstić information content (AvgIpc) is 2.75. The van der Waals surface area contributed by atoms with E-state index in [1.54, 1.807) is 6.07 Å². The molecule has 1 atom stereocenters. The number of rotatable bonds is 4. The predicted octanol–water partition coefficient (Wildman–Crippen LogP) is 1.07. The summed E-state index contributed by atoms with van der Waals surface area (Å²) in [5.41, 5.74) is 6.58. The molecule has 4 nitrogen and oxygen atoms in total. The number of amidine groups is 1. The molecule has 0 aliphatic carbocycles. The minimum absolute atomic E-state index is 0.129. The largest absolute Gasteiger partial charge is 0.395 e. The molecule has 0 spiro atoms. The summed E-state index contributed by atoms with van der Waals surface area (Å²) in [4.78, 5) is 2.14. The third-order valence-electron chi connectivity index (χ3n) is 3.36. The molecule has 1 aromatic carbocycles. The third-order valence-corrected chi connectivity index (χ3v) is 3.36. The highest BCUT2D eigenvalue weighted by atomic mass is 19.1. The van der Waals surface area contributed by atoms with Crippen molar-refractivity contribution < 1.29 is 9.50 Å². The normalized spacial score (nSPS) is 20.2. The Hall–Kier alpha value is -1.46. The third kappa shape index (κ3) is 2.86. The summed E-state index contributed by atoms with van der Waals surface area (Å²) < 4.78 is 13.4. The van der Waals surface area contributed by atoms with Crippen molar-refractivity contribution in [3.05, 3.63) is 35.1 Å². The maximum absolute atomic E-state index is 13.4. The lowest BCUT2D eigenvalue weighted by Gasteiger charge is -2.22. The average molecular weight is 251 g/mol. The van der Waals surface area contributed by atoms with Crippen molar-refractivity contribution in [2.75, 3.05) is 13.2 Å². The Morgan fingerprint density at radius 3 is 2.94 bits per heavy atom. The molecular weight excluding hydrogens is 233 g/mol. The standard InChI is InChI=1S/C13H18FN3O/c14-11-5-9(4-10(6-11)13(15)16)7-17-3-1-2-12(17)8-18/h4-6,12,18H,1-3,7-8H2,(H3,15,16). The van der Waals surface area contributed by atoms with E-state index in [0.717, 1.165) is 24.9 Å². The molecular formula is C13H18FN3O. The van der Waals surface area contributed by atoms with Crippen molar-refractivity contribution in [3.8, 4) is 0 Å². The van der Waals surface area contributed by atoms with Crippen LogP contribution in [0.1, 0.15) is 24.0 Å². The van der Waals surface area contributed by atoms with E-state index in [1.807, 2.05) is 0 Å². The first-order valence-electron chi connectivity index (χ1n) is 6.09. The smallest absolute Gasteiger partial charge is 0.124 e. The highest BCUT2D eigenvalue weighted by Crippen LogP contribution is 2.20. The van der Waals surface area contributed by atoms with Gasteiger partial charge in [0.1, 0.15) is 11.7 Å². The Balaban J connectivity index is 2.16. The van der Waals surface area contributed by atoms with Gasteiger partial charge < -0.3 is 10.8 Å². The van der Waals surface area contributed by atoms with Crippen LogP contribution < -0.4 is 5.73 Å². The molecule has 18 heavy (non-hydrogen) atoms. The summed E-state index contributed by atoms with van der Waals surface area (Å²) in [5, 5.41) is 16.6. The van der Waals surface area contributed by atoms with Crippen LogP contribution in [0.4, 0.5) is 4.39 Å². The Bertz CT molecular complexity index is 450. The number of hydrogen-bond donors (Lipinski definition) is 3. The quantitative estimate of drug-likeness (QED) is 0.553. The molecule has 1 aliphatic heterocycles. The van der Waals surface area contributed by atoms with E-state index >= 15 is 0 Å². The molecule has 1 aromatic rings. The molecule has 0 saturated carbocycles. The van der Waals surface area contributed by atoms with Gasteiger partial charge in [-0.2, -0.15) is 0 Å². The second-order valence-electron chi connectivity index (χ2n) is 4.71. The van der Waals surface area contributed by atoms with Crippen molar-refractivity contribution in [1.82, 2.24) is 4.90 Å². The molecule has 0 bridgehead atoms. The number of nitrogen functional groups attached to an aromatic ring is 1. The monoisotopic (exact) mass is 251 g/mol. The van der Waals surface area contributed by atoms with E-state index in [9.17, 15) is 9.50 Å². The lowest BCUT2D eigenvalue weighted by atomic mass is 10.1. The molecule has 2 rings (SSSR count). The maximum Gasteiger partial charge on any atom is 0.124 e. The molecule has 4 N–H and O–H groups in total. The Morgan fingerprint density at radius 1 is 1.50 bits per heavy atom. The molecule has 98 valence electrons. The van der Waals surface area contributed by atoms with E-state index in [4.69, 9.17) is 11.1 Å². The van der Waals surface area contributed by atoms with Gasteiger partial charge in [-0.3, -0.25) is 10.3 Å². The van der Waals surface area contributed by atoms with Crippen molar-refractivity contribution in [3.63, 3.8) is 0 Å². The number of benzene rings is 1. The lowest BCUT2D eigenvalue weighted by Crippen LogP contribution is -2.31. The Kier molecular flexibility index (Phi) is 3.93. The molecule has 1 unspecified atom stereocenters. The number of hydrogen-bond acceptors (Lipinski definition) is 3. The van der Waals surface area contributed by atoms with Crippen molar-refractivity contribution >= 4 is 5.84 Å². The topological polar surface area (TPSA) is 73.3 Å². The predicted molar refractivity (Wildman–Crippen MR) is 67.9 cm³/mol. The number of nitrogens with one attached hydrogen (secondary N) is 1. The van der Waals surface area contributed by atoms with E-state index < -0.39 is 0 Å². The first-order chi connectivity index (χ1) is 8.60. The zero-order chi connectivity index (χ0) is 13.1. The van der Waals surface area contributed by atoms with Crippen LogP contribution in [-0.4, -0.2) is 35.0 Å². The van der Waals surface area contributed by atoms with Gasteiger partial charge in [-0.25, -0.2) is 4.39 Å². The van der Waals surface area contributed by atoms with Crippen LogP contribution >= 0.6 is 0 Å². The maximum atomic E-state index is 13.4. The number of nitrogens with two attached hydrogens (primary N) is 1. The van der Waals surface area contributed by atoms with Crippen molar-refractivity contribution in [1.29, 1.82) is 5.41 Å². The van der Waals surface area contributed by atoms with E-state index in [-0.39, 0.29) is 24.3 Å². The summed E-state index contributed by atoms with van der Waals surface area (Å²) in [6.45, 7) is 1.63. The Morgan fingerprint density at radius 2 is 2.28 bits per heavy atom. The zero-order valence-electron chi connectivity index (χ0n) is 10.2. The van der Waals surface area contributed by atoms with Crippen LogP contribution in [0.25, 0.3) is 0 Å². The number of likely N-dealkylation sites (tertiary alicyclic amines) is 1. The summed E-state index contributed by atoms with van der Waals surface area (Å²) in [7, 11) is 0. The van der Waals surface area contributed by atoms with Crippen LogP contribution in [-0.2, 0) is 6.54 Å². The molecule has 5 heteroatoms. The number of aliphatic hydroxyl groups is 1. The minimum atomic E-state index is -0.377. The Labute approximate surface area is 106 Å². The molecule has 1 fully saturated rings. The zero-order valence-corrected chi connectivity index (χ0v) is 10.2. The van der Waals surface area contributed by atoms with Gasteiger partial charge in [-0.1, -0.05) is 0 Å². The van der Waals surface area contributed by atoms with Gasteiger partial charge in [0.05, 0.1) is 6.61 Å². The van der Waals surface area contributed by atoms with Crippen molar-refractivity contribution in [2.24, 2.45) is 5.73 Å². The van der Waals surface area contributed by atoms with Crippen LogP contribution in [0.3, 0.4) is 0 Å². The number of aliphatic hydroxyl groups excluding tert-OH is 1.